The SMILES string of the molecule is C/C=C\CC.CC.CCN(C)C.CNCn1cc(CN(C)C2CCCc3cccnc32)nc1C. The number of rotatable bonds is 7. The summed E-state index contributed by atoms with van der Waals surface area (Å²) in [5.74, 6) is 1.06. The van der Waals surface area contributed by atoms with Crippen LogP contribution in [0.3, 0.4) is 0 Å². The van der Waals surface area contributed by atoms with Gasteiger partial charge in [0.05, 0.1) is 24.1 Å². The molecule has 0 aliphatic heterocycles. The monoisotopic (exact) mass is 472 g/mol. The Balaban J connectivity index is 0.000000761. The second kappa shape index (κ2) is 19.3. The van der Waals surface area contributed by atoms with E-state index in [1.165, 1.54) is 24.1 Å². The van der Waals surface area contributed by atoms with Gasteiger partial charge in [0.2, 0.25) is 0 Å². The summed E-state index contributed by atoms with van der Waals surface area (Å²) < 4.78 is 2.15. The number of imidazole rings is 1. The Kier molecular flexibility index (Phi) is 18.2. The summed E-state index contributed by atoms with van der Waals surface area (Å²) in [6.07, 6.45) is 13.0. The summed E-state index contributed by atoms with van der Waals surface area (Å²) in [4.78, 5) is 13.8. The molecule has 3 rings (SSSR count). The summed E-state index contributed by atoms with van der Waals surface area (Å²) in [7, 11) is 8.25. The van der Waals surface area contributed by atoms with Crippen molar-refractivity contribution >= 4 is 0 Å². The van der Waals surface area contributed by atoms with Crippen molar-refractivity contribution in [3.05, 3.63) is 59.5 Å². The predicted octanol–water partition coefficient (Wildman–Crippen LogP) is 5.84. The number of nitrogens with zero attached hydrogens (tertiary/aromatic N) is 5. The van der Waals surface area contributed by atoms with Gasteiger partial charge in [-0.3, -0.25) is 9.88 Å². The average molecular weight is 473 g/mol. The molecule has 0 aromatic carbocycles. The number of hydrogen-bond acceptors (Lipinski definition) is 5. The quantitative estimate of drug-likeness (QED) is 0.513. The van der Waals surface area contributed by atoms with Gasteiger partial charge in [0, 0.05) is 18.9 Å². The minimum Gasteiger partial charge on any atom is -0.322 e. The molecule has 2 aromatic rings. The average Bonchev–Trinajstić information content (AvgIpc) is 3.19. The van der Waals surface area contributed by atoms with Crippen molar-refractivity contribution in [3.8, 4) is 0 Å². The Bertz CT molecular complexity index is 781. The van der Waals surface area contributed by atoms with Crippen LogP contribution in [0.5, 0.6) is 0 Å². The Morgan fingerprint density at radius 2 is 1.88 bits per heavy atom. The lowest BCUT2D eigenvalue weighted by Gasteiger charge is -2.31. The van der Waals surface area contributed by atoms with E-state index in [-0.39, 0.29) is 0 Å². The first kappa shape index (κ1) is 32.0. The smallest absolute Gasteiger partial charge is 0.106 e. The van der Waals surface area contributed by atoms with Crippen LogP contribution in [0.2, 0.25) is 0 Å². The first-order chi connectivity index (χ1) is 16.4. The minimum absolute atomic E-state index is 0.403. The van der Waals surface area contributed by atoms with Gasteiger partial charge in [-0.1, -0.05) is 45.9 Å². The molecule has 0 amide bonds. The number of nitrogens with one attached hydrogen (secondary N) is 1. The maximum absolute atomic E-state index is 4.68. The van der Waals surface area contributed by atoms with E-state index in [2.05, 4.69) is 96.0 Å². The summed E-state index contributed by atoms with van der Waals surface area (Å²) in [6, 6.07) is 4.66. The van der Waals surface area contributed by atoms with Crippen LogP contribution in [0.15, 0.2) is 36.7 Å². The molecule has 1 atom stereocenters. The van der Waals surface area contributed by atoms with E-state index in [0.717, 1.165) is 44.1 Å². The van der Waals surface area contributed by atoms with Crippen LogP contribution >= 0.6 is 0 Å². The highest BCUT2D eigenvalue weighted by atomic mass is 15.2. The fourth-order valence-corrected chi connectivity index (χ4v) is 3.60. The zero-order valence-corrected chi connectivity index (χ0v) is 23.7. The van der Waals surface area contributed by atoms with Crippen LogP contribution in [0.25, 0.3) is 0 Å². The highest BCUT2D eigenvalue weighted by molar-refractivity contribution is 5.25. The Morgan fingerprint density at radius 3 is 2.41 bits per heavy atom. The van der Waals surface area contributed by atoms with Crippen LogP contribution < -0.4 is 5.32 Å². The molecule has 1 N–H and O–H groups in total. The molecule has 0 spiro atoms. The van der Waals surface area contributed by atoms with E-state index in [4.69, 9.17) is 0 Å². The third kappa shape index (κ3) is 11.9. The summed E-state index contributed by atoms with van der Waals surface area (Å²) in [6.45, 7) is 15.1. The molecular formula is C28H52N6. The molecule has 0 radical (unpaired) electrons. The number of hydrogen-bond donors (Lipinski definition) is 1. The molecule has 1 aliphatic carbocycles. The van der Waals surface area contributed by atoms with E-state index in [0.29, 0.717) is 6.04 Å². The van der Waals surface area contributed by atoms with Gasteiger partial charge in [-0.2, -0.15) is 0 Å². The van der Waals surface area contributed by atoms with Gasteiger partial charge in [0.1, 0.15) is 5.82 Å². The van der Waals surface area contributed by atoms with E-state index in [1.54, 1.807) is 0 Å². The lowest BCUT2D eigenvalue weighted by molar-refractivity contribution is 0.206. The molecule has 194 valence electrons. The van der Waals surface area contributed by atoms with Crippen LogP contribution in [-0.4, -0.2) is 59.1 Å². The standard InChI is InChI=1S/C17H25N5.C5H10.C4H11N.C2H6/c1-13-20-15(11-22(13)12-18-2)10-21(3)16-8-4-6-14-7-5-9-19-17(14)16;1-3-5-4-2;1-4-5(2)3;1-2/h5,7,9,11,16,18H,4,6,8,10,12H2,1-3H3;3,5H,4H2,1-2H3;4H2,1-3H3;1-2H3/b;5-3-;;. The molecule has 0 saturated heterocycles. The summed E-state index contributed by atoms with van der Waals surface area (Å²) in [5, 5.41) is 3.17. The van der Waals surface area contributed by atoms with Crippen molar-refractivity contribution in [1.82, 2.24) is 29.7 Å². The van der Waals surface area contributed by atoms with Crippen molar-refractivity contribution in [1.29, 1.82) is 0 Å². The second-order valence-corrected chi connectivity index (χ2v) is 8.50. The maximum Gasteiger partial charge on any atom is 0.106 e. The Morgan fingerprint density at radius 1 is 1.21 bits per heavy atom. The van der Waals surface area contributed by atoms with Crippen LogP contribution in [0.4, 0.5) is 0 Å². The molecule has 6 nitrogen and oxygen atoms in total. The van der Waals surface area contributed by atoms with Gasteiger partial charge in [0.15, 0.2) is 0 Å². The van der Waals surface area contributed by atoms with Crippen LogP contribution in [0, 0.1) is 6.92 Å². The highest BCUT2D eigenvalue weighted by Gasteiger charge is 2.25. The zero-order valence-electron chi connectivity index (χ0n) is 23.7. The fraction of sp³-hybridized carbons (Fsp3) is 0.643. The van der Waals surface area contributed by atoms with E-state index < -0.39 is 0 Å². The second-order valence-electron chi connectivity index (χ2n) is 8.50. The first-order valence-electron chi connectivity index (χ1n) is 12.9. The molecule has 1 aliphatic rings. The van der Waals surface area contributed by atoms with Gasteiger partial charge in [-0.15, -0.1) is 0 Å². The molecule has 0 bridgehead atoms. The number of aryl methyl sites for hydroxylation is 2. The van der Waals surface area contributed by atoms with Crippen molar-refractivity contribution in [3.63, 3.8) is 0 Å². The Labute approximate surface area is 210 Å². The molecular weight excluding hydrogens is 420 g/mol. The Hall–Kier alpha value is -2.02. The van der Waals surface area contributed by atoms with Gasteiger partial charge < -0.3 is 14.8 Å². The molecule has 6 heteroatoms. The largest absolute Gasteiger partial charge is 0.322 e. The van der Waals surface area contributed by atoms with E-state index >= 15 is 0 Å². The van der Waals surface area contributed by atoms with Crippen LogP contribution in [0.1, 0.15) is 82.7 Å². The molecule has 2 heterocycles. The number of allylic oxidation sites excluding steroid dienone is 2. The van der Waals surface area contributed by atoms with Gasteiger partial charge in [0.25, 0.3) is 0 Å². The fourth-order valence-electron chi connectivity index (χ4n) is 3.60. The maximum atomic E-state index is 4.68. The third-order valence-electron chi connectivity index (χ3n) is 5.57. The molecule has 0 fully saturated rings. The van der Waals surface area contributed by atoms with Gasteiger partial charge >= 0.3 is 0 Å². The van der Waals surface area contributed by atoms with Crippen molar-refractivity contribution in [2.75, 3.05) is 34.7 Å². The number of aromatic nitrogens is 3. The lowest BCUT2D eigenvalue weighted by Crippen LogP contribution is -2.28. The lowest BCUT2D eigenvalue weighted by atomic mass is 9.91. The van der Waals surface area contributed by atoms with Crippen molar-refractivity contribution in [2.45, 2.75) is 86.5 Å². The summed E-state index contributed by atoms with van der Waals surface area (Å²) in [5.41, 5.74) is 3.78. The summed E-state index contributed by atoms with van der Waals surface area (Å²) >= 11 is 0. The normalized spacial score (nSPS) is 14.5. The first-order valence-corrected chi connectivity index (χ1v) is 12.9. The van der Waals surface area contributed by atoms with Gasteiger partial charge in [-0.25, -0.2) is 4.98 Å². The van der Waals surface area contributed by atoms with Gasteiger partial charge in [-0.05, 0) is 85.9 Å². The number of fused-ring (bicyclic) bond motifs is 1. The number of pyridine rings is 1. The highest BCUT2D eigenvalue weighted by Crippen LogP contribution is 2.32. The third-order valence-corrected chi connectivity index (χ3v) is 5.57. The zero-order chi connectivity index (χ0) is 25.9. The topological polar surface area (TPSA) is 49.2 Å². The van der Waals surface area contributed by atoms with Crippen molar-refractivity contribution in [2.24, 2.45) is 0 Å². The molecule has 34 heavy (non-hydrogen) atoms. The molecule has 1 unspecified atom stereocenters. The molecule has 2 aromatic heterocycles. The molecule has 0 saturated carbocycles. The predicted molar refractivity (Wildman–Crippen MR) is 148 cm³/mol. The minimum atomic E-state index is 0.403. The van der Waals surface area contributed by atoms with E-state index in [1.807, 2.05) is 40.1 Å². The van der Waals surface area contributed by atoms with E-state index in [9.17, 15) is 0 Å². The van der Waals surface area contributed by atoms with Crippen LogP contribution in [-0.2, 0) is 19.6 Å². The van der Waals surface area contributed by atoms with Crippen molar-refractivity contribution < 1.29 is 0 Å².